The summed E-state index contributed by atoms with van der Waals surface area (Å²) in [6, 6.07) is 18.8. The number of nitrogens with one attached hydrogen (secondary N) is 1. The fourth-order valence-electron chi connectivity index (χ4n) is 1.45. The van der Waals surface area contributed by atoms with Crippen molar-refractivity contribution in [3.63, 3.8) is 0 Å². The number of benzene rings is 2. The van der Waals surface area contributed by atoms with E-state index in [1.807, 2.05) is 13.0 Å². The van der Waals surface area contributed by atoms with Crippen LogP contribution < -0.4 is 5.32 Å². The number of fused-ring (bicyclic) bond motifs is 1. The Kier molecular flexibility index (Phi) is 6.47. The van der Waals surface area contributed by atoms with Crippen molar-refractivity contribution in [2.24, 2.45) is 0 Å². The van der Waals surface area contributed by atoms with Crippen LogP contribution in [0, 0.1) is 11.3 Å². The van der Waals surface area contributed by atoms with Crippen molar-refractivity contribution in [3.05, 3.63) is 48.5 Å². The molecule has 0 aliphatic rings. The lowest BCUT2D eigenvalue weighted by Crippen LogP contribution is -2.12. The van der Waals surface area contributed by atoms with Crippen LogP contribution in [0.2, 0.25) is 0 Å². The van der Waals surface area contributed by atoms with E-state index in [9.17, 15) is 0 Å². The predicted molar refractivity (Wildman–Crippen MR) is 72.7 cm³/mol. The van der Waals surface area contributed by atoms with Gasteiger partial charge in [-0.1, -0.05) is 55.5 Å². The second-order valence-corrected chi connectivity index (χ2v) is 3.61. The van der Waals surface area contributed by atoms with Crippen molar-refractivity contribution in [1.29, 1.82) is 5.26 Å². The second kappa shape index (κ2) is 8.32. The molecule has 1 N–H and O–H groups in total. The molecule has 0 radical (unpaired) electrons. The molecule has 0 amide bonds. The topological polar surface area (TPSA) is 35.8 Å². The largest absolute Gasteiger partial charge is 0.316 e. The lowest BCUT2D eigenvalue weighted by atomic mass is 10.1. The molecule has 0 fully saturated rings. The summed E-state index contributed by atoms with van der Waals surface area (Å²) >= 11 is 0. The minimum atomic E-state index is 0.619. The Morgan fingerprint density at radius 1 is 1.00 bits per heavy atom. The summed E-state index contributed by atoms with van der Waals surface area (Å²) < 4.78 is 0. The molecular weight excluding hydrogens is 208 g/mol. The van der Waals surface area contributed by atoms with Gasteiger partial charge < -0.3 is 5.32 Å². The molecule has 88 valence electrons. The van der Waals surface area contributed by atoms with Crippen LogP contribution in [0.15, 0.2) is 48.5 Å². The fourth-order valence-corrected chi connectivity index (χ4v) is 1.45. The maximum Gasteiger partial charge on any atom is 0.0635 e. The van der Waals surface area contributed by atoms with E-state index in [-0.39, 0.29) is 0 Å². The molecule has 17 heavy (non-hydrogen) atoms. The lowest BCUT2D eigenvalue weighted by Gasteiger charge is -1.92. The van der Waals surface area contributed by atoms with Gasteiger partial charge in [-0.05, 0) is 17.3 Å². The van der Waals surface area contributed by atoms with Gasteiger partial charge in [0.05, 0.1) is 6.07 Å². The highest BCUT2D eigenvalue weighted by Gasteiger charge is 1.85. The molecule has 2 heteroatoms. The van der Waals surface area contributed by atoms with Crippen molar-refractivity contribution in [2.45, 2.75) is 13.3 Å². The molecule has 0 aliphatic carbocycles. The number of hydrogen-bond acceptors (Lipinski definition) is 2. The number of nitriles is 1. The van der Waals surface area contributed by atoms with Crippen molar-refractivity contribution in [1.82, 2.24) is 5.32 Å². The summed E-state index contributed by atoms with van der Waals surface area (Å²) in [4.78, 5) is 0. The Morgan fingerprint density at radius 2 is 1.47 bits per heavy atom. The summed E-state index contributed by atoms with van der Waals surface area (Å²) in [5, 5.41) is 13.6. The molecular formula is C15H18N2. The zero-order valence-corrected chi connectivity index (χ0v) is 10.2. The maximum atomic E-state index is 8.00. The van der Waals surface area contributed by atoms with Crippen LogP contribution in [-0.2, 0) is 0 Å². The van der Waals surface area contributed by atoms with E-state index in [1.165, 1.54) is 10.8 Å². The van der Waals surface area contributed by atoms with Gasteiger partial charge in [-0.3, -0.25) is 0 Å². The minimum absolute atomic E-state index is 0.619. The quantitative estimate of drug-likeness (QED) is 0.815. The first-order valence-corrected chi connectivity index (χ1v) is 5.90. The molecule has 0 atom stereocenters. The third-order valence-corrected chi connectivity index (χ3v) is 2.32. The summed E-state index contributed by atoms with van der Waals surface area (Å²) in [6.07, 6.45) is 0.619. The van der Waals surface area contributed by atoms with Crippen molar-refractivity contribution >= 4 is 10.8 Å². The first-order valence-electron chi connectivity index (χ1n) is 5.90. The van der Waals surface area contributed by atoms with Gasteiger partial charge in [0.15, 0.2) is 0 Å². The molecule has 0 aliphatic heterocycles. The summed E-state index contributed by atoms with van der Waals surface area (Å²) in [5.41, 5.74) is 0. The van der Waals surface area contributed by atoms with Gasteiger partial charge in [-0.15, -0.1) is 0 Å². The summed E-state index contributed by atoms with van der Waals surface area (Å²) in [6.45, 7) is 3.81. The zero-order valence-electron chi connectivity index (χ0n) is 10.2. The van der Waals surface area contributed by atoms with Crippen LogP contribution in [0.3, 0.4) is 0 Å². The number of rotatable bonds is 3. The first kappa shape index (κ1) is 13.2. The SMILES string of the molecule is CCNCCC#N.c1ccc2ccccc2c1. The second-order valence-electron chi connectivity index (χ2n) is 3.61. The Hall–Kier alpha value is -1.85. The molecule has 2 nitrogen and oxygen atoms in total. The Labute approximate surface area is 103 Å². The molecule has 2 rings (SSSR count). The smallest absolute Gasteiger partial charge is 0.0635 e. The average Bonchev–Trinajstić information content (AvgIpc) is 2.40. The highest BCUT2D eigenvalue weighted by Crippen LogP contribution is 2.11. The van der Waals surface area contributed by atoms with Crippen LogP contribution in [-0.4, -0.2) is 13.1 Å². The molecule has 2 aromatic rings. The Bertz CT molecular complexity index is 406. The van der Waals surface area contributed by atoms with Gasteiger partial charge >= 0.3 is 0 Å². The lowest BCUT2D eigenvalue weighted by molar-refractivity contribution is 0.730. The van der Waals surface area contributed by atoms with Crippen molar-refractivity contribution in [2.75, 3.05) is 13.1 Å². The molecule has 0 heterocycles. The summed E-state index contributed by atoms with van der Waals surface area (Å²) in [5.74, 6) is 0. The van der Waals surface area contributed by atoms with E-state index in [1.54, 1.807) is 0 Å². The van der Waals surface area contributed by atoms with E-state index >= 15 is 0 Å². The van der Waals surface area contributed by atoms with Gasteiger partial charge in [0.1, 0.15) is 0 Å². The van der Waals surface area contributed by atoms with Gasteiger partial charge in [-0.25, -0.2) is 0 Å². The molecule has 2 aromatic carbocycles. The normalized spacial score (nSPS) is 9.18. The molecule has 0 aromatic heterocycles. The number of nitrogens with zero attached hydrogens (tertiary/aromatic N) is 1. The molecule has 0 spiro atoms. The van der Waals surface area contributed by atoms with Crippen molar-refractivity contribution < 1.29 is 0 Å². The standard InChI is InChI=1S/C10H8.C5H10N2/c1-2-6-10-8-4-3-7-9(10)5-1;1-2-7-5-3-4-6/h1-8H;7H,2-3,5H2,1H3. The molecule has 0 bridgehead atoms. The third-order valence-electron chi connectivity index (χ3n) is 2.32. The van der Waals surface area contributed by atoms with Crippen LogP contribution in [0.5, 0.6) is 0 Å². The molecule has 0 saturated carbocycles. The fraction of sp³-hybridized carbons (Fsp3) is 0.267. The van der Waals surface area contributed by atoms with Crippen molar-refractivity contribution in [3.8, 4) is 6.07 Å². The first-order chi connectivity index (χ1) is 8.38. The van der Waals surface area contributed by atoms with Crippen LogP contribution >= 0.6 is 0 Å². The Morgan fingerprint density at radius 3 is 1.82 bits per heavy atom. The van der Waals surface area contributed by atoms with Gasteiger partial charge in [0.2, 0.25) is 0 Å². The van der Waals surface area contributed by atoms with Gasteiger partial charge in [-0.2, -0.15) is 5.26 Å². The zero-order chi connectivity index (χ0) is 12.3. The monoisotopic (exact) mass is 226 g/mol. The van der Waals surface area contributed by atoms with E-state index in [4.69, 9.17) is 5.26 Å². The van der Waals surface area contributed by atoms with E-state index in [2.05, 4.69) is 53.8 Å². The molecule has 0 saturated heterocycles. The van der Waals surface area contributed by atoms with E-state index in [0.717, 1.165) is 13.1 Å². The third kappa shape index (κ3) is 5.14. The predicted octanol–water partition coefficient (Wildman–Crippen LogP) is 3.35. The average molecular weight is 226 g/mol. The molecule has 0 unspecified atom stereocenters. The Balaban J connectivity index is 0.000000185. The summed E-state index contributed by atoms with van der Waals surface area (Å²) in [7, 11) is 0. The minimum Gasteiger partial charge on any atom is -0.316 e. The number of hydrogen-bond donors (Lipinski definition) is 1. The van der Waals surface area contributed by atoms with Gasteiger partial charge in [0, 0.05) is 13.0 Å². The van der Waals surface area contributed by atoms with E-state index < -0.39 is 0 Å². The van der Waals surface area contributed by atoms with Gasteiger partial charge in [0.25, 0.3) is 0 Å². The van der Waals surface area contributed by atoms with E-state index in [0.29, 0.717) is 6.42 Å². The highest BCUT2D eigenvalue weighted by molar-refractivity contribution is 5.81. The maximum absolute atomic E-state index is 8.00. The van der Waals surface area contributed by atoms with Crippen LogP contribution in [0.1, 0.15) is 13.3 Å². The van der Waals surface area contributed by atoms with Crippen LogP contribution in [0.25, 0.3) is 10.8 Å². The highest BCUT2D eigenvalue weighted by atomic mass is 14.8. The van der Waals surface area contributed by atoms with Crippen LogP contribution in [0.4, 0.5) is 0 Å².